The lowest BCUT2D eigenvalue weighted by Crippen LogP contribution is -2.03. The second-order valence-electron chi connectivity index (χ2n) is 4.78. The Balaban J connectivity index is 2.09. The lowest BCUT2D eigenvalue weighted by Gasteiger charge is -2.09. The van der Waals surface area contributed by atoms with E-state index in [4.69, 9.17) is 0 Å². The number of nitriles is 1. The van der Waals surface area contributed by atoms with E-state index >= 15 is 0 Å². The Morgan fingerprint density at radius 3 is 2.45 bits per heavy atom. The molecule has 0 aliphatic carbocycles. The molecule has 0 saturated carbocycles. The Kier molecular flexibility index (Phi) is 3.14. The largest absolute Gasteiger partial charge is 0.240 e. The smallest absolute Gasteiger partial charge is 0.149 e. The van der Waals surface area contributed by atoms with Gasteiger partial charge in [-0.05, 0) is 35.4 Å². The van der Waals surface area contributed by atoms with Crippen LogP contribution in [-0.4, -0.2) is 9.97 Å². The second-order valence-corrected chi connectivity index (χ2v) is 4.78. The number of nitrogens with zero attached hydrogens (tertiary/aromatic N) is 3. The van der Waals surface area contributed by atoms with Gasteiger partial charge < -0.3 is 0 Å². The average Bonchev–Trinajstić information content (AvgIpc) is 2.49. The van der Waals surface area contributed by atoms with Crippen LogP contribution in [0.25, 0.3) is 10.8 Å². The van der Waals surface area contributed by atoms with Crippen molar-refractivity contribution in [3.05, 3.63) is 71.8 Å². The van der Waals surface area contributed by atoms with Crippen LogP contribution >= 0.6 is 0 Å². The van der Waals surface area contributed by atoms with Gasteiger partial charge in [-0.2, -0.15) is 5.26 Å². The van der Waals surface area contributed by atoms with Gasteiger partial charge in [0.2, 0.25) is 0 Å². The maximum absolute atomic E-state index is 9.42. The summed E-state index contributed by atoms with van der Waals surface area (Å²) < 4.78 is 0. The van der Waals surface area contributed by atoms with Crippen LogP contribution in [-0.2, 0) is 0 Å². The Morgan fingerprint density at radius 1 is 1.00 bits per heavy atom. The first-order valence-corrected chi connectivity index (χ1v) is 6.45. The molecular formula is C17H13N3. The first-order chi connectivity index (χ1) is 9.78. The highest BCUT2D eigenvalue weighted by Crippen LogP contribution is 2.25. The van der Waals surface area contributed by atoms with Crippen molar-refractivity contribution in [1.82, 2.24) is 9.97 Å². The van der Waals surface area contributed by atoms with E-state index in [0.29, 0.717) is 5.82 Å². The van der Waals surface area contributed by atoms with Crippen LogP contribution in [0.1, 0.15) is 22.9 Å². The van der Waals surface area contributed by atoms with Gasteiger partial charge in [-0.1, -0.05) is 35.9 Å². The van der Waals surface area contributed by atoms with Crippen molar-refractivity contribution in [3.8, 4) is 6.07 Å². The number of aromatic nitrogens is 2. The molecule has 1 unspecified atom stereocenters. The van der Waals surface area contributed by atoms with Crippen molar-refractivity contribution in [3.63, 3.8) is 0 Å². The van der Waals surface area contributed by atoms with Gasteiger partial charge in [-0.15, -0.1) is 0 Å². The lowest BCUT2D eigenvalue weighted by molar-refractivity contribution is 0.891. The van der Waals surface area contributed by atoms with E-state index in [9.17, 15) is 5.26 Å². The van der Waals surface area contributed by atoms with Gasteiger partial charge in [-0.3, -0.25) is 0 Å². The van der Waals surface area contributed by atoms with Crippen LogP contribution in [0.4, 0.5) is 0 Å². The Hall–Kier alpha value is -2.73. The first-order valence-electron chi connectivity index (χ1n) is 6.45. The van der Waals surface area contributed by atoms with Gasteiger partial charge >= 0.3 is 0 Å². The van der Waals surface area contributed by atoms with Crippen LogP contribution in [0.2, 0.25) is 0 Å². The highest BCUT2D eigenvalue weighted by molar-refractivity contribution is 5.84. The monoisotopic (exact) mass is 259 g/mol. The molecule has 0 saturated heterocycles. The van der Waals surface area contributed by atoms with Crippen molar-refractivity contribution in [2.75, 3.05) is 0 Å². The van der Waals surface area contributed by atoms with Crippen molar-refractivity contribution in [2.24, 2.45) is 0 Å². The fourth-order valence-corrected chi connectivity index (χ4v) is 2.30. The summed E-state index contributed by atoms with van der Waals surface area (Å²) in [5.41, 5.74) is 2.16. The zero-order chi connectivity index (χ0) is 13.9. The fourth-order valence-electron chi connectivity index (χ4n) is 2.30. The Bertz CT molecular complexity index is 788. The molecular weight excluding hydrogens is 246 g/mol. The molecule has 1 heterocycles. The van der Waals surface area contributed by atoms with Crippen LogP contribution in [0.15, 0.2) is 54.9 Å². The quantitative estimate of drug-likeness (QED) is 0.706. The molecule has 0 bridgehead atoms. The third kappa shape index (κ3) is 2.24. The summed E-state index contributed by atoms with van der Waals surface area (Å²) in [7, 11) is 0. The molecule has 3 aromatic rings. The molecule has 1 aromatic heterocycles. The fraction of sp³-hybridized carbons (Fsp3) is 0.118. The summed E-state index contributed by atoms with van der Waals surface area (Å²) in [5, 5.41) is 11.7. The molecule has 0 aliphatic rings. The van der Waals surface area contributed by atoms with Crippen LogP contribution in [0.3, 0.4) is 0 Å². The number of hydrogen-bond donors (Lipinski definition) is 0. The molecule has 0 spiro atoms. The Morgan fingerprint density at radius 2 is 1.70 bits per heavy atom. The average molecular weight is 259 g/mol. The molecule has 1 atom stereocenters. The van der Waals surface area contributed by atoms with Gasteiger partial charge in [0.05, 0.1) is 6.07 Å². The van der Waals surface area contributed by atoms with E-state index in [2.05, 4.69) is 41.2 Å². The van der Waals surface area contributed by atoms with Gasteiger partial charge in [0.1, 0.15) is 11.7 Å². The SMILES string of the molecule is Cc1ccc2cc(C(C#N)c3ncccn3)ccc2c1. The summed E-state index contributed by atoms with van der Waals surface area (Å²) >= 11 is 0. The van der Waals surface area contributed by atoms with Crippen molar-refractivity contribution in [2.45, 2.75) is 12.8 Å². The van der Waals surface area contributed by atoms with E-state index in [1.165, 1.54) is 10.9 Å². The van der Waals surface area contributed by atoms with E-state index in [1.807, 2.05) is 18.2 Å². The normalized spacial score (nSPS) is 12.0. The van der Waals surface area contributed by atoms with E-state index < -0.39 is 5.92 Å². The molecule has 3 heteroatoms. The summed E-state index contributed by atoms with van der Waals surface area (Å²) in [4.78, 5) is 8.37. The van der Waals surface area contributed by atoms with Gasteiger partial charge in [0, 0.05) is 12.4 Å². The van der Waals surface area contributed by atoms with E-state index in [1.54, 1.807) is 18.5 Å². The zero-order valence-corrected chi connectivity index (χ0v) is 11.1. The van der Waals surface area contributed by atoms with Crippen molar-refractivity contribution >= 4 is 10.8 Å². The van der Waals surface area contributed by atoms with Gasteiger partial charge in [-0.25, -0.2) is 9.97 Å². The minimum absolute atomic E-state index is 0.429. The summed E-state index contributed by atoms with van der Waals surface area (Å²) in [5.74, 6) is 0.114. The molecule has 0 fully saturated rings. The standard InChI is InChI=1S/C17H13N3/c1-12-3-4-14-10-15(6-5-13(14)9-12)16(11-18)17-19-7-2-8-20-17/h2-10,16H,1H3. The lowest BCUT2D eigenvalue weighted by atomic mass is 9.96. The first kappa shape index (κ1) is 12.3. The van der Waals surface area contributed by atoms with Crippen molar-refractivity contribution in [1.29, 1.82) is 5.26 Å². The molecule has 3 rings (SSSR count). The summed E-state index contributed by atoms with van der Waals surface area (Å²) in [6.45, 7) is 2.07. The minimum Gasteiger partial charge on any atom is -0.240 e. The second kappa shape index (κ2) is 5.10. The highest BCUT2D eigenvalue weighted by atomic mass is 14.9. The Labute approximate surface area is 117 Å². The summed E-state index contributed by atoms with van der Waals surface area (Å²) in [6.07, 6.45) is 3.33. The van der Waals surface area contributed by atoms with Crippen LogP contribution in [0.5, 0.6) is 0 Å². The van der Waals surface area contributed by atoms with Gasteiger partial charge in [0.15, 0.2) is 0 Å². The van der Waals surface area contributed by atoms with Crippen LogP contribution in [0, 0.1) is 18.3 Å². The molecule has 3 nitrogen and oxygen atoms in total. The number of aryl methyl sites for hydroxylation is 1. The molecule has 96 valence electrons. The molecule has 0 amide bonds. The van der Waals surface area contributed by atoms with Crippen molar-refractivity contribution < 1.29 is 0 Å². The predicted molar refractivity (Wildman–Crippen MR) is 78.2 cm³/mol. The molecule has 0 N–H and O–H groups in total. The third-order valence-electron chi connectivity index (χ3n) is 3.33. The maximum Gasteiger partial charge on any atom is 0.149 e. The number of fused-ring (bicyclic) bond motifs is 1. The van der Waals surface area contributed by atoms with E-state index in [0.717, 1.165) is 10.9 Å². The number of benzene rings is 2. The number of rotatable bonds is 2. The predicted octanol–water partition coefficient (Wildman–Crippen LogP) is 3.59. The minimum atomic E-state index is -0.429. The van der Waals surface area contributed by atoms with Crippen LogP contribution < -0.4 is 0 Å². The zero-order valence-electron chi connectivity index (χ0n) is 11.1. The topological polar surface area (TPSA) is 49.6 Å². The summed E-state index contributed by atoms with van der Waals surface area (Å²) in [6, 6.07) is 16.4. The molecule has 20 heavy (non-hydrogen) atoms. The van der Waals surface area contributed by atoms with E-state index in [-0.39, 0.29) is 0 Å². The molecule has 0 radical (unpaired) electrons. The highest BCUT2D eigenvalue weighted by Gasteiger charge is 2.16. The maximum atomic E-state index is 9.42. The number of hydrogen-bond acceptors (Lipinski definition) is 3. The molecule has 2 aromatic carbocycles. The molecule has 0 aliphatic heterocycles. The third-order valence-corrected chi connectivity index (χ3v) is 3.33. The van der Waals surface area contributed by atoms with Gasteiger partial charge in [0.25, 0.3) is 0 Å².